The van der Waals surface area contributed by atoms with E-state index in [1.807, 2.05) is 0 Å². The van der Waals surface area contributed by atoms with Crippen molar-refractivity contribution in [2.24, 2.45) is 0 Å². The summed E-state index contributed by atoms with van der Waals surface area (Å²) in [5.41, 5.74) is 0.332. The Morgan fingerprint density at radius 1 is 1.57 bits per heavy atom. The maximum absolute atomic E-state index is 13.2. The molecule has 0 bridgehead atoms. The molecule has 0 N–H and O–H groups in total. The van der Waals surface area contributed by atoms with Crippen LogP contribution in [0.1, 0.15) is 12.0 Å². The van der Waals surface area contributed by atoms with Crippen LogP contribution in [0, 0.1) is 5.82 Å². The number of carbonyl (C=O) groups is 1. The Labute approximate surface area is 86.6 Å². The van der Waals surface area contributed by atoms with Gasteiger partial charge in [-0.15, -0.1) is 0 Å². The SMILES string of the molecule is COc1ccc(F)c(CCC=O)c1Cl. The van der Waals surface area contributed by atoms with Gasteiger partial charge in [0, 0.05) is 12.0 Å². The van der Waals surface area contributed by atoms with Crippen LogP contribution in [-0.2, 0) is 11.2 Å². The molecule has 0 fully saturated rings. The van der Waals surface area contributed by atoms with Crippen LogP contribution < -0.4 is 4.74 Å². The van der Waals surface area contributed by atoms with E-state index in [0.717, 1.165) is 6.29 Å². The number of benzene rings is 1. The molecule has 2 nitrogen and oxygen atoms in total. The molecule has 0 aromatic heterocycles. The predicted octanol–water partition coefficient (Wildman–Crippen LogP) is 2.62. The number of ether oxygens (including phenoxy) is 1. The fourth-order valence-corrected chi connectivity index (χ4v) is 1.49. The van der Waals surface area contributed by atoms with E-state index in [2.05, 4.69) is 0 Å². The molecule has 0 heterocycles. The summed E-state index contributed by atoms with van der Waals surface area (Å²) in [6.45, 7) is 0. The van der Waals surface area contributed by atoms with Gasteiger partial charge in [-0.2, -0.15) is 0 Å². The maximum Gasteiger partial charge on any atom is 0.137 e. The third-order valence-corrected chi connectivity index (χ3v) is 2.30. The summed E-state index contributed by atoms with van der Waals surface area (Å²) in [4.78, 5) is 10.2. The molecule has 0 saturated heterocycles. The lowest BCUT2D eigenvalue weighted by Gasteiger charge is -2.08. The van der Waals surface area contributed by atoms with Gasteiger partial charge in [-0.3, -0.25) is 0 Å². The van der Waals surface area contributed by atoms with Crippen molar-refractivity contribution in [2.45, 2.75) is 12.8 Å². The van der Waals surface area contributed by atoms with Gasteiger partial charge < -0.3 is 9.53 Å². The molecule has 0 aliphatic carbocycles. The van der Waals surface area contributed by atoms with Crippen molar-refractivity contribution in [1.29, 1.82) is 0 Å². The van der Waals surface area contributed by atoms with E-state index in [1.165, 1.54) is 19.2 Å². The summed E-state index contributed by atoms with van der Waals surface area (Å²) >= 11 is 5.87. The van der Waals surface area contributed by atoms with Gasteiger partial charge in [0.15, 0.2) is 0 Å². The standard InChI is InChI=1S/C10H10ClFO2/c1-14-9-5-4-8(12)7(10(9)11)3-2-6-13/h4-6H,2-3H2,1H3. The van der Waals surface area contributed by atoms with E-state index >= 15 is 0 Å². The number of aldehydes is 1. The lowest BCUT2D eigenvalue weighted by molar-refractivity contribution is -0.107. The highest BCUT2D eigenvalue weighted by Crippen LogP contribution is 2.30. The average Bonchev–Trinajstić information content (AvgIpc) is 2.18. The molecule has 4 heteroatoms. The molecule has 0 atom stereocenters. The fourth-order valence-electron chi connectivity index (χ4n) is 1.17. The molecule has 1 rings (SSSR count). The molecule has 0 radical (unpaired) electrons. The van der Waals surface area contributed by atoms with Gasteiger partial charge in [0.1, 0.15) is 17.9 Å². The monoisotopic (exact) mass is 216 g/mol. The second-order valence-corrected chi connectivity index (χ2v) is 3.13. The molecule has 1 aromatic rings. The van der Waals surface area contributed by atoms with Crippen LogP contribution in [0.5, 0.6) is 5.75 Å². The highest BCUT2D eigenvalue weighted by atomic mass is 35.5. The van der Waals surface area contributed by atoms with Crippen molar-refractivity contribution in [1.82, 2.24) is 0 Å². The molecule has 0 aliphatic heterocycles. The highest BCUT2D eigenvalue weighted by Gasteiger charge is 2.11. The van der Waals surface area contributed by atoms with E-state index in [4.69, 9.17) is 16.3 Å². The van der Waals surface area contributed by atoms with E-state index in [1.54, 1.807) is 0 Å². The van der Waals surface area contributed by atoms with Gasteiger partial charge >= 0.3 is 0 Å². The molecule has 0 aliphatic rings. The van der Waals surface area contributed by atoms with Crippen molar-refractivity contribution in [3.8, 4) is 5.75 Å². The number of carbonyl (C=O) groups excluding carboxylic acids is 1. The highest BCUT2D eigenvalue weighted by molar-refractivity contribution is 6.32. The molecular weight excluding hydrogens is 207 g/mol. The lowest BCUT2D eigenvalue weighted by atomic mass is 10.1. The third-order valence-electron chi connectivity index (χ3n) is 1.88. The predicted molar refractivity (Wildman–Crippen MR) is 52.3 cm³/mol. The first-order chi connectivity index (χ1) is 6.70. The fraction of sp³-hybridized carbons (Fsp3) is 0.300. The molecule has 76 valence electrons. The Hall–Kier alpha value is -1.09. The van der Waals surface area contributed by atoms with Gasteiger partial charge in [0.05, 0.1) is 12.1 Å². The number of hydrogen-bond donors (Lipinski definition) is 0. The molecule has 0 saturated carbocycles. The van der Waals surface area contributed by atoms with E-state index < -0.39 is 5.82 Å². The summed E-state index contributed by atoms with van der Waals surface area (Å²) < 4.78 is 18.2. The average molecular weight is 217 g/mol. The summed E-state index contributed by atoms with van der Waals surface area (Å²) in [6.07, 6.45) is 1.28. The van der Waals surface area contributed by atoms with Crippen LogP contribution in [0.15, 0.2) is 12.1 Å². The van der Waals surface area contributed by atoms with Crippen molar-refractivity contribution < 1.29 is 13.9 Å². The second-order valence-electron chi connectivity index (χ2n) is 2.75. The van der Waals surface area contributed by atoms with Crippen LogP contribution in [0.25, 0.3) is 0 Å². The Morgan fingerprint density at radius 3 is 2.86 bits per heavy atom. The second kappa shape index (κ2) is 4.96. The van der Waals surface area contributed by atoms with Crippen LogP contribution in [0.4, 0.5) is 4.39 Å². The smallest absolute Gasteiger partial charge is 0.137 e. The lowest BCUT2D eigenvalue weighted by Crippen LogP contribution is -1.95. The minimum absolute atomic E-state index is 0.245. The Bertz CT molecular complexity index is 339. The third kappa shape index (κ3) is 2.23. The first-order valence-electron chi connectivity index (χ1n) is 4.15. The van der Waals surface area contributed by atoms with Crippen LogP contribution in [-0.4, -0.2) is 13.4 Å². The zero-order valence-electron chi connectivity index (χ0n) is 7.72. The van der Waals surface area contributed by atoms with Crippen LogP contribution >= 0.6 is 11.6 Å². The molecule has 0 unspecified atom stereocenters. The minimum atomic E-state index is -0.405. The quantitative estimate of drug-likeness (QED) is 0.724. The summed E-state index contributed by atoms with van der Waals surface area (Å²) in [7, 11) is 1.46. The number of rotatable bonds is 4. The molecule has 0 spiro atoms. The van der Waals surface area contributed by atoms with Crippen molar-refractivity contribution in [2.75, 3.05) is 7.11 Å². The number of halogens is 2. The van der Waals surface area contributed by atoms with Gasteiger partial charge in [0.2, 0.25) is 0 Å². The first kappa shape index (κ1) is 11.0. The van der Waals surface area contributed by atoms with Crippen LogP contribution in [0.2, 0.25) is 5.02 Å². The van der Waals surface area contributed by atoms with Gasteiger partial charge in [-0.05, 0) is 18.6 Å². The Morgan fingerprint density at radius 2 is 2.29 bits per heavy atom. The molecule has 1 aromatic carbocycles. The van der Waals surface area contributed by atoms with Crippen LogP contribution in [0.3, 0.4) is 0 Å². The molecule has 0 amide bonds. The maximum atomic E-state index is 13.2. The topological polar surface area (TPSA) is 26.3 Å². The minimum Gasteiger partial charge on any atom is -0.495 e. The molecule has 14 heavy (non-hydrogen) atoms. The summed E-state index contributed by atoms with van der Waals surface area (Å²) in [6, 6.07) is 2.74. The van der Waals surface area contributed by atoms with Crippen molar-refractivity contribution in [3.05, 3.63) is 28.5 Å². The Balaban J connectivity index is 3.04. The van der Waals surface area contributed by atoms with E-state index in [9.17, 15) is 9.18 Å². The van der Waals surface area contributed by atoms with Crippen molar-refractivity contribution >= 4 is 17.9 Å². The summed E-state index contributed by atoms with van der Waals surface area (Å²) in [5.74, 6) is 0.0200. The first-order valence-corrected chi connectivity index (χ1v) is 4.53. The van der Waals surface area contributed by atoms with Gasteiger partial charge in [-0.25, -0.2) is 4.39 Å². The normalized spacial score (nSPS) is 9.93. The van der Waals surface area contributed by atoms with E-state index in [0.29, 0.717) is 17.7 Å². The van der Waals surface area contributed by atoms with Crippen molar-refractivity contribution in [3.63, 3.8) is 0 Å². The zero-order valence-corrected chi connectivity index (χ0v) is 8.47. The summed E-state index contributed by atoms with van der Waals surface area (Å²) in [5, 5.41) is 0.245. The molecular formula is C10H10ClFO2. The Kier molecular flexibility index (Phi) is 3.89. The van der Waals surface area contributed by atoms with Gasteiger partial charge in [0.25, 0.3) is 0 Å². The van der Waals surface area contributed by atoms with Gasteiger partial charge in [-0.1, -0.05) is 11.6 Å². The number of hydrogen-bond acceptors (Lipinski definition) is 2. The largest absolute Gasteiger partial charge is 0.495 e. The number of methoxy groups -OCH3 is 1. The van der Waals surface area contributed by atoms with E-state index in [-0.39, 0.29) is 11.4 Å². The zero-order chi connectivity index (χ0) is 10.6.